The average Bonchev–Trinajstić information content (AvgIpc) is 3.17. The number of sulfonamides is 1. The molecule has 7 nitrogen and oxygen atoms in total. The summed E-state index contributed by atoms with van der Waals surface area (Å²) in [6, 6.07) is -0.983. The number of carbonyl (C=O) groups is 1. The summed E-state index contributed by atoms with van der Waals surface area (Å²) in [6.45, 7) is 2.09. The molecule has 3 heterocycles. The summed E-state index contributed by atoms with van der Waals surface area (Å²) in [7, 11) is -3.57. The van der Waals surface area contributed by atoms with Crippen LogP contribution in [0.4, 0.5) is 0 Å². The molecule has 3 unspecified atom stereocenters. The summed E-state index contributed by atoms with van der Waals surface area (Å²) >= 11 is 0. The molecule has 0 saturated carbocycles. The molecule has 1 N–H and O–H groups in total. The number of aliphatic carboxylic acids is 1. The molecular formula is C15H25NO6S. The van der Waals surface area contributed by atoms with Crippen LogP contribution in [0.15, 0.2) is 0 Å². The number of hydrogen-bond acceptors (Lipinski definition) is 5. The van der Waals surface area contributed by atoms with E-state index >= 15 is 0 Å². The molecule has 3 rings (SSSR count). The van der Waals surface area contributed by atoms with E-state index in [0.717, 1.165) is 25.7 Å². The predicted molar refractivity (Wildman–Crippen MR) is 82.5 cm³/mol. The number of nitrogens with zero attached hydrogens (tertiary/aromatic N) is 1. The van der Waals surface area contributed by atoms with Crippen molar-refractivity contribution in [3.05, 3.63) is 0 Å². The maximum atomic E-state index is 12.8. The monoisotopic (exact) mass is 347 g/mol. The lowest BCUT2D eigenvalue weighted by Gasteiger charge is -2.29. The maximum Gasteiger partial charge on any atom is 0.322 e. The van der Waals surface area contributed by atoms with Gasteiger partial charge in [0.25, 0.3) is 0 Å². The van der Waals surface area contributed by atoms with Gasteiger partial charge in [-0.05, 0) is 38.0 Å². The van der Waals surface area contributed by atoms with Crippen LogP contribution >= 0.6 is 0 Å². The molecule has 0 radical (unpaired) electrons. The van der Waals surface area contributed by atoms with Gasteiger partial charge in [0.15, 0.2) is 0 Å². The quantitative estimate of drug-likeness (QED) is 0.787. The zero-order valence-corrected chi connectivity index (χ0v) is 14.0. The van der Waals surface area contributed by atoms with Gasteiger partial charge in [0.1, 0.15) is 6.04 Å². The van der Waals surface area contributed by atoms with E-state index < -0.39 is 22.0 Å². The van der Waals surface area contributed by atoms with Crippen LogP contribution in [0.2, 0.25) is 0 Å². The number of carboxylic acids is 1. The molecule has 0 bridgehead atoms. The summed E-state index contributed by atoms with van der Waals surface area (Å²) in [4.78, 5) is 11.7. The van der Waals surface area contributed by atoms with Crippen LogP contribution in [-0.4, -0.2) is 68.1 Å². The van der Waals surface area contributed by atoms with Gasteiger partial charge < -0.3 is 14.6 Å². The highest BCUT2D eigenvalue weighted by atomic mass is 32.2. The van der Waals surface area contributed by atoms with Gasteiger partial charge in [-0.3, -0.25) is 4.79 Å². The van der Waals surface area contributed by atoms with Gasteiger partial charge in [-0.15, -0.1) is 0 Å². The smallest absolute Gasteiger partial charge is 0.322 e. The zero-order valence-electron chi connectivity index (χ0n) is 13.2. The van der Waals surface area contributed by atoms with Crippen molar-refractivity contribution in [2.75, 3.05) is 32.1 Å². The highest BCUT2D eigenvalue weighted by molar-refractivity contribution is 7.89. The lowest BCUT2D eigenvalue weighted by atomic mass is 9.92. The fourth-order valence-electron chi connectivity index (χ4n) is 4.04. The molecule has 0 aromatic heterocycles. The molecule has 8 heteroatoms. The third kappa shape index (κ3) is 3.70. The molecule has 3 atom stereocenters. The summed E-state index contributed by atoms with van der Waals surface area (Å²) < 4.78 is 37.6. The first-order valence-corrected chi connectivity index (χ1v) is 10.0. The van der Waals surface area contributed by atoms with Crippen molar-refractivity contribution in [3.8, 4) is 0 Å². The molecule has 0 aromatic carbocycles. The Bertz CT molecular complexity index is 524. The number of carboxylic acid groups (broad SMARTS) is 1. The summed E-state index contributed by atoms with van der Waals surface area (Å²) in [5.41, 5.74) is 0. The van der Waals surface area contributed by atoms with Crippen molar-refractivity contribution in [1.82, 2.24) is 4.31 Å². The molecule has 0 amide bonds. The molecule has 0 aromatic rings. The summed E-state index contributed by atoms with van der Waals surface area (Å²) in [5.74, 6) is -1.21. The number of hydrogen-bond donors (Lipinski definition) is 1. The second kappa shape index (κ2) is 7.04. The Balaban J connectivity index is 1.73. The topological polar surface area (TPSA) is 93.1 Å². The van der Waals surface area contributed by atoms with E-state index in [1.165, 1.54) is 4.31 Å². The standard InChI is InChI=1S/C15H25NO6S/c17-15(18)14-12(13-2-1-7-22-13)3-6-16(14)23(19,20)10-11-4-8-21-9-5-11/h11-14H,1-10H2,(H,17,18). The van der Waals surface area contributed by atoms with Crippen LogP contribution < -0.4 is 0 Å². The lowest BCUT2D eigenvalue weighted by Crippen LogP contribution is -2.47. The first kappa shape index (κ1) is 17.1. The second-order valence-corrected chi connectivity index (χ2v) is 8.70. The average molecular weight is 347 g/mol. The van der Waals surface area contributed by atoms with E-state index in [2.05, 4.69) is 0 Å². The van der Waals surface area contributed by atoms with Gasteiger partial charge in [0, 0.05) is 32.3 Å². The van der Waals surface area contributed by atoms with Crippen molar-refractivity contribution < 1.29 is 27.8 Å². The van der Waals surface area contributed by atoms with E-state index in [9.17, 15) is 18.3 Å². The van der Waals surface area contributed by atoms with Crippen molar-refractivity contribution >= 4 is 16.0 Å². The Hall–Kier alpha value is -0.700. The summed E-state index contributed by atoms with van der Waals surface area (Å²) in [6.07, 6.45) is 3.62. The Labute approximate surface area is 137 Å². The Morgan fingerprint density at radius 1 is 1.13 bits per heavy atom. The third-order valence-corrected chi connectivity index (χ3v) is 7.26. The molecule has 0 aliphatic carbocycles. The van der Waals surface area contributed by atoms with Crippen LogP contribution in [0.5, 0.6) is 0 Å². The lowest BCUT2D eigenvalue weighted by molar-refractivity contribution is -0.143. The highest BCUT2D eigenvalue weighted by Gasteiger charge is 2.49. The van der Waals surface area contributed by atoms with Crippen LogP contribution in [0.25, 0.3) is 0 Å². The first-order chi connectivity index (χ1) is 11.0. The van der Waals surface area contributed by atoms with Crippen LogP contribution in [0.3, 0.4) is 0 Å². The van der Waals surface area contributed by atoms with Gasteiger partial charge in [-0.2, -0.15) is 4.31 Å². The Kier molecular flexibility index (Phi) is 5.25. The van der Waals surface area contributed by atoms with E-state index in [1.807, 2.05) is 0 Å². The van der Waals surface area contributed by atoms with Gasteiger partial charge in [0.2, 0.25) is 10.0 Å². The minimum Gasteiger partial charge on any atom is -0.480 e. The molecule has 3 fully saturated rings. The first-order valence-electron chi connectivity index (χ1n) is 8.41. The Morgan fingerprint density at radius 3 is 2.48 bits per heavy atom. The van der Waals surface area contributed by atoms with E-state index in [1.54, 1.807) is 0 Å². The normalized spacial score (nSPS) is 34.0. The van der Waals surface area contributed by atoms with Gasteiger partial charge in [-0.25, -0.2) is 8.42 Å². The van der Waals surface area contributed by atoms with Crippen molar-refractivity contribution in [3.63, 3.8) is 0 Å². The molecule has 0 spiro atoms. The number of ether oxygens (including phenoxy) is 2. The molecule has 23 heavy (non-hydrogen) atoms. The van der Waals surface area contributed by atoms with Gasteiger partial charge >= 0.3 is 5.97 Å². The van der Waals surface area contributed by atoms with E-state index in [4.69, 9.17) is 9.47 Å². The molecule has 3 saturated heterocycles. The van der Waals surface area contributed by atoms with Gasteiger partial charge in [0.05, 0.1) is 11.9 Å². The van der Waals surface area contributed by atoms with E-state index in [0.29, 0.717) is 26.2 Å². The minimum absolute atomic E-state index is 0.0262. The summed E-state index contributed by atoms with van der Waals surface area (Å²) in [5, 5.41) is 9.60. The second-order valence-electron chi connectivity index (χ2n) is 6.73. The molecule has 3 aliphatic heterocycles. The van der Waals surface area contributed by atoms with Crippen LogP contribution in [0.1, 0.15) is 32.1 Å². The SMILES string of the molecule is O=C(O)C1C(C2CCCO2)CCN1S(=O)(=O)CC1CCOCC1. The minimum atomic E-state index is -3.57. The highest BCUT2D eigenvalue weighted by Crippen LogP contribution is 2.36. The van der Waals surface area contributed by atoms with Gasteiger partial charge in [-0.1, -0.05) is 0 Å². The van der Waals surface area contributed by atoms with Crippen LogP contribution in [-0.2, 0) is 24.3 Å². The van der Waals surface area contributed by atoms with Crippen LogP contribution in [0, 0.1) is 11.8 Å². The van der Waals surface area contributed by atoms with Crippen molar-refractivity contribution in [1.29, 1.82) is 0 Å². The predicted octanol–water partition coefficient (Wildman–Crippen LogP) is 0.697. The number of rotatable bonds is 5. The Morgan fingerprint density at radius 2 is 1.87 bits per heavy atom. The largest absolute Gasteiger partial charge is 0.480 e. The zero-order chi connectivity index (χ0) is 16.4. The van der Waals surface area contributed by atoms with Crippen molar-refractivity contribution in [2.45, 2.75) is 44.2 Å². The molecule has 132 valence electrons. The van der Waals surface area contributed by atoms with E-state index in [-0.39, 0.29) is 30.2 Å². The third-order valence-electron chi connectivity index (χ3n) is 5.24. The molecular weight excluding hydrogens is 322 g/mol. The van der Waals surface area contributed by atoms with Crippen molar-refractivity contribution in [2.24, 2.45) is 11.8 Å². The maximum absolute atomic E-state index is 12.8. The fourth-order valence-corrected chi connectivity index (χ4v) is 6.14. The fraction of sp³-hybridized carbons (Fsp3) is 0.933. The molecule has 3 aliphatic rings.